The standard InChI is InChI=1S/C16H18ClN3OS.2ClH/c1-18-13-6-3-7-20(9-13)16(21)14-10-22-15(19-14)11-4-2-5-12(17)8-11;;/h2,4-5,8,10,13,18H,3,6-7,9H2,1H3;2*1H. The lowest BCUT2D eigenvalue weighted by molar-refractivity contribution is 0.0693. The Morgan fingerprint density at radius 1 is 1.42 bits per heavy atom. The number of hydrogen-bond donors (Lipinski definition) is 1. The molecule has 0 radical (unpaired) electrons. The summed E-state index contributed by atoms with van der Waals surface area (Å²) < 4.78 is 0. The maximum absolute atomic E-state index is 12.6. The highest BCUT2D eigenvalue weighted by Crippen LogP contribution is 2.26. The number of carbonyl (C=O) groups is 1. The highest BCUT2D eigenvalue weighted by molar-refractivity contribution is 7.13. The number of amides is 1. The monoisotopic (exact) mass is 407 g/mol. The van der Waals surface area contributed by atoms with E-state index in [9.17, 15) is 4.79 Å². The topological polar surface area (TPSA) is 45.2 Å². The van der Waals surface area contributed by atoms with E-state index in [2.05, 4.69) is 10.3 Å². The number of aromatic nitrogens is 1. The van der Waals surface area contributed by atoms with Crippen molar-refractivity contribution in [3.05, 3.63) is 40.4 Å². The molecule has 1 aromatic carbocycles. The summed E-state index contributed by atoms with van der Waals surface area (Å²) in [6, 6.07) is 7.92. The van der Waals surface area contributed by atoms with E-state index in [0.29, 0.717) is 16.8 Å². The average Bonchev–Trinajstić information content (AvgIpc) is 3.04. The zero-order valence-corrected chi connectivity index (χ0v) is 16.4. The van der Waals surface area contributed by atoms with E-state index in [1.54, 1.807) is 0 Å². The van der Waals surface area contributed by atoms with Gasteiger partial charge >= 0.3 is 0 Å². The Kier molecular flexibility index (Phi) is 8.46. The molecule has 1 N–H and O–H groups in total. The SMILES string of the molecule is CNC1CCCN(C(=O)c2csc(-c3cccc(Cl)c3)n2)C1.Cl.Cl. The summed E-state index contributed by atoms with van der Waals surface area (Å²) in [5.41, 5.74) is 1.47. The largest absolute Gasteiger partial charge is 0.336 e. The van der Waals surface area contributed by atoms with Gasteiger partial charge < -0.3 is 10.2 Å². The Morgan fingerprint density at radius 3 is 2.92 bits per heavy atom. The van der Waals surface area contributed by atoms with Crippen LogP contribution in [0.25, 0.3) is 10.6 Å². The first kappa shape index (κ1) is 21.2. The van der Waals surface area contributed by atoms with Crippen LogP contribution >= 0.6 is 47.8 Å². The molecular formula is C16H20Cl3N3OS. The van der Waals surface area contributed by atoms with Crippen LogP contribution in [0.4, 0.5) is 0 Å². The summed E-state index contributed by atoms with van der Waals surface area (Å²) in [7, 11) is 1.94. The van der Waals surface area contributed by atoms with Crippen molar-refractivity contribution in [2.75, 3.05) is 20.1 Å². The number of nitrogens with one attached hydrogen (secondary N) is 1. The Balaban J connectivity index is 0.00000144. The highest BCUT2D eigenvalue weighted by Gasteiger charge is 2.25. The third kappa shape index (κ3) is 4.83. The normalized spacial score (nSPS) is 16.9. The minimum Gasteiger partial charge on any atom is -0.336 e. The molecule has 24 heavy (non-hydrogen) atoms. The van der Waals surface area contributed by atoms with Crippen molar-refractivity contribution in [1.29, 1.82) is 0 Å². The zero-order chi connectivity index (χ0) is 15.5. The molecule has 4 nitrogen and oxygen atoms in total. The molecule has 1 saturated heterocycles. The van der Waals surface area contributed by atoms with Crippen molar-refractivity contribution in [1.82, 2.24) is 15.2 Å². The lowest BCUT2D eigenvalue weighted by Crippen LogP contribution is -2.47. The van der Waals surface area contributed by atoms with Crippen molar-refractivity contribution >= 4 is 53.7 Å². The van der Waals surface area contributed by atoms with Gasteiger partial charge in [-0.1, -0.05) is 23.7 Å². The molecule has 0 saturated carbocycles. The Hall–Kier alpha value is -0.850. The number of carbonyl (C=O) groups excluding carboxylic acids is 1. The molecule has 132 valence electrons. The number of likely N-dealkylation sites (tertiary alicyclic amines) is 1. The number of benzene rings is 1. The molecule has 1 aliphatic rings. The summed E-state index contributed by atoms with van der Waals surface area (Å²) in [5.74, 6) is 0.0180. The van der Waals surface area contributed by atoms with E-state index < -0.39 is 0 Å². The van der Waals surface area contributed by atoms with Crippen LogP contribution in [0.3, 0.4) is 0 Å². The summed E-state index contributed by atoms with van der Waals surface area (Å²) in [5, 5.41) is 6.59. The van der Waals surface area contributed by atoms with Crippen LogP contribution in [0.1, 0.15) is 23.3 Å². The Morgan fingerprint density at radius 2 is 2.21 bits per heavy atom. The molecule has 0 aliphatic carbocycles. The van der Waals surface area contributed by atoms with Crippen LogP contribution in [0.2, 0.25) is 5.02 Å². The van der Waals surface area contributed by atoms with Crippen LogP contribution in [0.5, 0.6) is 0 Å². The van der Waals surface area contributed by atoms with Crippen LogP contribution in [-0.4, -0.2) is 42.0 Å². The molecule has 1 aliphatic heterocycles. The molecule has 0 bridgehead atoms. The number of halogens is 3. The van der Waals surface area contributed by atoms with Gasteiger partial charge in [-0.05, 0) is 32.0 Å². The van der Waals surface area contributed by atoms with E-state index in [-0.39, 0.29) is 30.7 Å². The highest BCUT2D eigenvalue weighted by atomic mass is 35.5. The molecule has 2 aromatic rings. The van der Waals surface area contributed by atoms with Gasteiger partial charge in [0.2, 0.25) is 0 Å². The fraction of sp³-hybridized carbons (Fsp3) is 0.375. The first-order chi connectivity index (χ1) is 10.7. The van der Waals surface area contributed by atoms with Gasteiger partial charge in [-0.2, -0.15) is 0 Å². The predicted octanol–water partition coefficient (Wildman–Crippen LogP) is 4.13. The van der Waals surface area contributed by atoms with Gasteiger partial charge in [0.15, 0.2) is 0 Å². The fourth-order valence-corrected chi connectivity index (χ4v) is 3.67. The van der Waals surface area contributed by atoms with Gasteiger partial charge in [0, 0.05) is 35.1 Å². The van der Waals surface area contributed by atoms with Gasteiger partial charge in [-0.15, -0.1) is 36.2 Å². The number of thiazole rings is 1. The first-order valence-corrected chi connectivity index (χ1v) is 8.61. The first-order valence-electron chi connectivity index (χ1n) is 7.35. The van der Waals surface area contributed by atoms with Crippen molar-refractivity contribution in [2.24, 2.45) is 0 Å². The number of piperidine rings is 1. The third-order valence-electron chi connectivity index (χ3n) is 3.91. The van der Waals surface area contributed by atoms with Gasteiger partial charge in [-0.25, -0.2) is 4.98 Å². The Bertz CT molecular complexity index is 680. The van der Waals surface area contributed by atoms with E-state index >= 15 is 0 Å². The van der Waals surface area contributed by atoms with Crippen LogP contribution in [-0.2, 0) is 0 Å². The number of rotatable bonds is 3. The van der Waals surface area contributed by atoms with Crippen LogP contribution in [0.15, 0.2) is 29.6 Å². The lowest BCUT2D eigenvalue weighted by atomic mass is 10.1. The quantitative estimate of drug-likeness (QED) is 0.830. The molecule has 1 atom stereocenters. The third-order valence-corrected chi connectivity index (χ3v) is 5.04. The van der Waals surface area contributed by atoms with Gasteiger partial charge in [0.1, 0.15) is 10.7 Å². The molecule has 1 unspecified atom stereocenters. The van der Waals surface area contributed by atoms with E-state index in [0.717, 1.165) is 36.5 Å². The number of nitrogens with zero attached hydrogens (tertiary/aromatic N) is 2. The van der Waals surface area contributed by atoms with Gasteiger partial charge in [0.25, 0.3) is 5.91 Å². The van der Waals surface area contributed by atoms with E-state index in [1.165, 1.54) is 11.3 Å². The summed E-state index contributed by atoms with van der Waals surface area (Å²) in [6.45, 7) is 1.56. The number of likely N-dealkylation sites (N-methyl/N-ethyl adjacent to an activating group) is 1. The van der Waals surface area contributed by atoms with Crippen molar-refractivity contribution < 1.29 is 4.79 Å². The predicted molar refractivity (Wildman–Crippen MR) is 105 cm³/mol. The number of hydrogen-bond acceptors (Lipinski definition) is 4. The maximum atomic E-state index is 12.6. The fourth-order valence-electron chi connectivity index (χ4n) is 2.69. The van der Waals surface area contributed by atoms with E-state index in [4.69, 9.17) is 11.6 Å². The maximum Gasteiger partial charge on any atom is 0.273 e. The summed E-state index contributed by atoms with van der Waals surface area (Å²) in [6.07, 6.45) is 2.15. The van der Waals surface area contributed by atoms with E-state index in [1.807, 2.05) is 41.6 Å². The minimum atomic E-state index is 0. The second-order valence-electron chi connectivity index (χ2n) is 5.43. The van der Waals surface area contributed by atoms with Crippen molar-refractivity contribution in [2.45, 2.75) is 18.9 Å². The Labute approximate surface area is 163 Å². The molecule has 1 amide bonds. The molecular weight excluding hydrogens is 389 g/mol. The summed E-state index contributed by atoms with van der Waals surface area (Å²) in [4.78, 5) is 19.0. The average molecular weight is 409 g/mol. The summed E-state index contributed by atoms with van der Waals surface area (Å²) >= 11 is 7.49. The smallest absolute Gasteiger partial charge is 0.273 e. The van der Waals surface area contributed by atoms with Crippen LogP contribution in [0, 0.1) is 0 Å². The molecule has 8 heteroatoms. The van der Waals surface area contributed by atoms with Gasteiger partial charge in [0.05, 0.1) is 0 Å². The second-order valence-corrected chi connectivity index (χ2v) is 6.72. The zero-order valence-electron chi connectivity index (χ0n) is 13.2. The molecule has 1 aromatic heterocycles. The van der Waals surface area contributed by atoms with Crippen molar-refractivity contribution in [3.8, 4) is 10.6 Å². The minimum absolute atomic E-state index is 0. The lowest BCUT2D eigenvalue weighted by Gasteiger charge is -2.32. The van der Waals surface area contributed by atoms with Crippen LogP contribution < -0.4 is 5.32 Å². The molecule has 1 fully saturated rings. The molecule has 3 rings (SSSR count). The van der Waals surface area contributed by atoms with Gasteiger partial charge in [-0.3, -0.25) is 4.79 Å². The second kappa shape index (κ2) is 9.59. The van der Waals surface area contributed by atoms with Crippen molar-refractivity contribution in [3.63, 3.8) is 0 Å². The molecule has 2 heterocycles. The molecule has 0 spiro atoms.